The Morgan fingerprint density at radius 1 is 1.00 bits per heavy atom. The highest BCUT2D eigenvalue weighted by Gasteiger charge is 2.16. The maximum absolute atomic E-state index is 12.5. The van der Waals surface area contributed by atoms with E-state index in [2.05, 4.69) is 15.0 Å². The zero-order valence-corrected chi connectivity index (χ0v) is 15.7. The van der Waals surface area contributed by atoms with Crippen molar-refractivity contribution in [1.82, 2.24) is 4.98 Å². The average molecular weight is 388 g/mol. The Labute approximate surface area is 158 Å². The molecule has 3 aromatic rings. The van der Waals surface area contributed by atoms with E-state index >= 15 is 0 Å². The quantitative estimate of drug-likeness (QED) is 0.655. The van der Waals surface area contributed by atoms with Crippen LogP contribution in [-0.2, 0) is 16.6 Å². The first-order chi connectivity index (χ1) is 12.5. The Balaban J connectivity index is 1.68. The second-order valence-corrected chi connectivity index (χ2v) is 7.81. The van der Waals surface area contributed by atoms with Crippen molar-refractivity contribution in [3.05, 3.63) is 83.0 Å². The van der Waals surface area contributed by atoms with Crippen molar-refractivity contribution in [2.24, 2.45) is 0 Å². The Hall–Kier alpha value is -2.57. The molecule has 2 N–H and O–H groups in total. The first-order valence-electron chi connectivity index (χ1n) is 7.97. The molecule has 2 aromatic carbocycles. The predicted octanol–water partition coefficient (Wildman–Crippen LogP) is 4.46. The van der Waals surface area contributed by atoms with Gasteiger partial charge in [-0.2, -0.15) is 0 Å². The van der Waals surface area contributed by atoms with E-state index < -0.39 is 10.0 Å². The number of benzene rings is 2. The van der Waals surface area contributed by atoms with Crippen molar-refractivity contribution in [2.75, 3.05) is 10.0 Å². The van der Waals surface area contributed by atoms with Crippen LogP contribution in [-0.4, -0.2) is 13.4 Å². The van der Waals surface area contributed by atoms with E-state index in [-0.39, 0.29) is 10.7 Å². The average Bonchev–Trinajstić information content (AvgIpc) is 2.62. The molecule has 0 amide bonds. The molecule has 0 fully saturated rings. The van der Waals surface area contributed by atoms with Crippen LogP contribution in [0.4, 0.5) is 11.5 Å². The first kappa shape index (κ1) is 18.2. The molecule has 0 radical (unpaired) electrons. The fraction of sp³-hybridized carbons (Fsp3) is 0.105. The number of aryl methyl sites for hydroxylation is 1. The molecular formula is C19H18ClN3O2S. The van der Waals surface area contributed by atoms with Gasteiger partial charge in [-0.1, -0.05) is 48.0 Å². The molecule has 0 unspecified atom stereocenters. The van der Waals surface area contributed by atoms with E-state index in [0.29, 0.717) is 17.1 Å². The number of halogens is 1. The number of aromatic nitrogens is 1. The molecule has 0 saturated heterocycles. The molecule has 26 heavy (non-hydrogen) atoms. The number of hydrogen-bond donors (Lipinski definition) is 2. The van der Waals surface area contributed by atoms with Crippen LogP contribution in [0.3, 0.4) is 0 Å². The van der Waals surface area contributed by atoms with Crippen molar-refractivity contribution in [2.45, 2.75) is 18.4 Å². The molecule has 0 aliphatic heterocycles. The molecule has 1 heterocycles. The number of rotatable bonds is 6. The number of anilines is 2. The van der Waals surface area contributed by atoms with Crippen LogP contribution in [0, 0.1) is 6.92 Å². The van der Waals surface area contributed by atoms with Gasteiger partial charge >= 0.3 is 0 Å². The molecule has 0 bridgehead atoms. The van der Waals surface area contributed by atoms with Crippen molar-refractivity contribution in [3.8, 4) is 0 Å². The first-order valence-corrected chi connectivity index (χ1v) is 9.83. The molecule has 3 rings (SSSR count). The highest BCUT2D eigenvalue weighted by Crippen LogP contribution is 2.20. The number of nitrogens with one attached hydrogen (secondary N) is 2. The van der Waals surface area contributed by atoms with Crippen LogP contribution in [0.15, 0.2) is 71.8 Å². The second kappa shape index (κ2) is 7.76. The van der Waals surface area contributed by atoms with Gasteiger partial charge in [0, 0.05) is 11.6 Å². The molecule has 1 aromatic heterocycles. The summed E-state index contributed by atoms with van der Waals surface area (Å²) in [5, 5.41) is 3.90. The van der Waals surface area contributed by atoms with Gasteiger partial charge in [0.25, 0.3) is 10.0 Å². The van der Waals surface area contributed by atoms with Gasteiger partial charge < -0.3 is 5.32 Å². The van der Waals surface area contributed by atoms with Gasteiger partial charge in [0.05, 0.1) is 16.8 Å². The number of sulfonamides is 1. The maximum Gasteiger partial charge on any atom is 0.263 e. The van der Waals surface area contributed by atoms with Crippen molar-refractivity contribution >= 4 is 33.1 Å². The van der Waals surface area contributed by atoms with Crippen LogP contribution in [0.25, 0.3) is 0 Å². The van der Waals surface area contributed by atoms with Crippen molar-refractivity contribution in [1.29, 1.82) is 0 Å². The summed E-state index contributed by atoms with van der Waals surface area (Å²) in [6.07, 6.45) is 1.58. The minimum Gasteiger partial charge on any atom is -0.380 e. The molecule has 0 spiro atoms. The van der Waals surface area contributed by atoms with Crippen molar-refractivity contribution in [3.63, 3.8) is 0 Å². The fourth-order valence-electron chi connectivity index (χ4n) is 2.45. The molecule has 7 heteroatoms. The molecule has 0 saturated carbocycles. The van der Waals surface area contributed by atoms with E-state index in [4.69, 9.17) is 11.6 Å². The molecule has 0 aliphatic rings. The zero-order valence-electron chi connectivity index (χ0n) is 14.1. The van der Waals surface area contributed by atoms with Gasteiger partial charge in [0.15, 0.2) is 0 Å². The van der Waals surface area contributed by atoms with Gasteiger partial charge in [-0.3, -0.25) is 4.72 Å². The standard InChI is InChI=1S/C19H18ClN3O2S/c1-14-6-2-5-9-18(14)26(24,25)23-19-11-10-16(13-22-19)21-12-15-7-3-4-8-17(15)20/h2-11,13,21H,12H2,1H3,(H,22,23). The zero-order chi connectivity index (χ0) is 18.6. The molecule has 0 aliphatic carbocycles. The van der Waals surface area contributed by atoms with E-state index in [1.54, 1.807) is 49.5 Å². The van der Waals surface area contributed by atoms with Crippen LogP contribution in [0.1, 0.15) is 11.1 Å². The van der Waals surface area contributed by atoms with Gasteiger partial charge in [0.1, 0.15) is 5.82 Å². The maximum atomic E-state index is 12.5. The van der Waals surface area contributed by atoms with Crippen LogP contribution in [0.5, 0.6) is 0 Å². The summed E-state index contributed by atoms with van der Waals surface area (Å²) in [6, 6.07) is 17.8. The highest BCUT2D eigenvalue weighted by atomic mass is 35.5. The summed E-state index contributed by atoms with van der Waals surface area (Å²) < 4.78 is 27.4. The highest BCUT2D eigenvalue weighted by molar-refractivity contribution is 7.92. The third kappa shape index (κ3) is 4.33. The van der Waals surface area contributed by atoms with Crippen LogP contribution >= 0.6 is 11.6 Å². The van der Waals surface area contributed by atoms with E-state index in [1.807, 2.05) is 24.3 Å². The topological polar surface area (TPSA) is 71.1 Å². The summed E-state index contributed by atoms with van der Waals surface area (Å²) in [6.45, 7) is 2.30. The predicted molar refractivity (Wildman–Crippen MR) is 105 cm³/mol. The fourth-order valence-corrected chi connectivity index (χ4v) is 3.91. The van der Waals surface area contributed by atoms with E-state index in [1.165, 1.54) is 0 Å². The Morgan fingerprint density at radius 2 is 1.73 bits per heavy atom. The normalized spacial score (nSPS) is 11.2. The lowest BCUT2D eigenvalue weighted by Crippen LogP contribution is -2.15. The van der Waals surface area contributed by atoms with E-state index in [9.17, 15) is 8.42 Å². The summed E-state index contributed by atoms with van der Waals surface area (Å²) in [4.78, 5) is 4.41. The Bertz CT molecular complexity index is 1010. The monoisotopic (exact) mass is 387 g/mol. The van der Waals surface area contributed by atoms with Gasteiger partial charge in [-0.05, 0) is 42.3 Å². The minimum absolute atomic E-state index is 0.239. The Kier molecular flexibility index (Phi) is 5.44. The summed E-state index contributed by atoms with van der Waals surface area (Å²) in [7, 11) is -3.67. The summed E-state index contributed by atoms with van der Waals surface area (Å²) in [5.74, 6) is 0.261. The van der Waals surface area contributed by atoms with Crippen LogP contribution < -0.4 is 10.0 Å². The lowest BCUT2D eigenvalue weighted by molar-refractivity contribution is 0.600. The minimum atomic E-state index is -3.67. The smallest absolute Gasteiger partial charge is 0.263 e. The number of pyridine rings is 1. The number of hydrogen-bond acceptors (Lipinski definition) is 4. The lowest BCUT2D eigenvalue weighted by atomic mass is 10.2. The summed E-state index contributed by atoms with van der Waals surface area (Å²) in [5.41, 5.74) is 2.42. The van der Waals surface area contributed by atoms with Gasteiger partial charge in [-0.15, -0.1) is 0 Å². The molecule has 5 nitrogen and oxygen atoms in total. The third-order valence-electron chi connectivity index (χ3n) is 3.83. The SMILES string of the molecule is Cc1ccccc1S(=O)(=O)Nc1ccc(NCc2ccccc2Cl)cn1. The Morgan fingerprint density at radius 3 is 2.42 bits per heavy atom. The second-order valence-electron chi connectivity index (χ2n) is 5.75. The van der Waals surface area contributed by atoms with Gasteiger partial charge in [0.2, 0.25) is 0 Å². The molecular weight excluding hydrogens is 370 g/mol. The van der Waals surface area contributed by atoms with Crippen molar-refractivity contribution < 1.29 is 8.42 Å². The third-order valence-corrected chi connectivity index (χ3v) is 5.71. The molecule has 0 atom stereocenters. The lowest BCUT2D eigenvalue weighted by Gasteiger charge is -2.11. The summed E-state index contributed by atoms with van der Waals surface area (Å²) >= 11 is 6.13. The number of nitrogens with zero attached hydrogens (tertiary/aromatic N) is 1. The molecule has 134 valence electrons. The van der Waals surface area contributed by atoms with E-state index in [0.717, 1.165) is 11.3 Å². The van der Waals surface area contributed by atoms with Crippen LogP contribution in [0.2, 0.25) is 5.02 Å². The van der Waals surface area contributed by atoms with Gasteiger partial charge in [-0.25, -0.2) is 13.4 Å². The largest absolute Gasteiger partial charge is 0.380 e.